The molecule has 5 heteroatoms. The van der Waals surface area contributed by atoms with Crippen LogP contribution < -0.4 is 5.32 Å². The number of nitrogens with zero attached hydrogens (tertiary/aromatic N) is 1. The fourth-order valence-corrected chi connectivity index (χ4v) is 3.28. The summed E-state index contributed by atoms with van der Waals surface area (Å²) >= 11 is 5.92. The highest BCUT2D eigenvalue weighted by Gasteiger charge is 2.24. The van der Waals surface area contributed by atoms with Gasteiger partial charge in [0.25, 0.3) is 0 Å². The Morgan fingerprint density at radius 3 is 2.48 bits per heavy atom. The van der Waals surface area contributed by atoms with Crippen LogP contribution in [0.25, 0.3) is 0 Å². The molecule has 1 aromatic carbocycles. The number of aliphatic hydroxyl groups excluding tert-OH is 1. The number of likely N-dealkylation sites (tertiary alicyclic amines) is 1. The molecule has 1 aromatic rings. The molecule has 4 nitrogen and oxygen atoms in total. The molecule has 23 heavy (non-hydrogen) atoms. The van der Waals surface area contributed by atoms with Crippen molar-refractivity contribution in [2.24, 2.45) is 5.92 Å². The molecular formula is C18H27ClN2O2. The number of benzene rings is 1. The van der Waals surface area contributed by atoms with Gasteiger partial charge in [0.2, 0.25) is 5.91 Å². The Balaban J connectivity index is 1.82. The molecule has 128 valence electrons. The third-order valence-corrected chi connectivity index (χ3v) is 4.95. The monoisotopic (exact) mass is 338 g/mol. The lowest BCUT2D eigenvalue weighted by Gasteiger charge is -2.33. The van der Waals surface area contributed by atoms with Gasteiger partial charge in [-0.15, -0.1) is 0 Å². The van der Waals surface area contributed by atoms with Gasteiger partial charge < -0.3 is 10.4 Å². The number of rotatable bonds is 6. The highest BCUT2D eigenvalue weighted by Crippen LogP contribution is 2.21. The van der Waals surface area contributed by atoms with Crippen molar-refractivity contribution in [2.75, 3.05) is 19.6 Å². The maximum absolute atomic E-state index is 12.3. The SMILES string of the molecule is CCC(NC(=O)CN1CCC(C(C)O)CC1)c1ccc(Cl)cc1. The van der Waals surface area contributed by atoms with Gasteiger partial charge in [-0.2, -0.15) is 0 Å². The minimum atomic E-state index is -0.250. The van der Waals surface area contributed by atoms with Crippen LogP contribution in [0.4, 0.5) is 0 Å². The van der Waals surface area contributed by atoms with E-state index in [0.717, 1.165) is 37.9 Å². The zero-order valence-electron chi connectivity index (χ0n) is 14.0. The lowest BCUT2D eigenvalue weighted by atomic mass is 9.92. The molecule has 1 fully saturated rings. The average molecular weight is 339 g/mol. The summed E-state index contributed by atoms with van der Waals surface area (Å²) in [5, 5.41) is 13.4. The number of piperidine rings is 1. The Bertz CT molecular complexity index is 496. The molecule has 0 radical (unpaired) electrons. The van der Waals surface area contributed by atoms with E-state index in [1.165, 1.54) is 0 Å². The average Bonchev–Trinajstić information content (AvgIpc) is 2.54. The predicted molar refractivity (Wildman–Crippen MR) is 93.5 cm³/mol. The van der Waals surface area contributed by atoms with Gasteiger partial charge in [-0.3, -0.25) is 9.69 Å². The minimum absolute atomic E-state index is 0.0229. The lowest BCUT2D eigenvalue weighted by molar-refractivity contribution is -0.123. The summed E-state index contributed by atoms with van der Waals surface area (Å²) in [5.41, 5.74) is 1.08. The molecule has 2 N–H and O–H groups in total. The molecule has 0 bridgehead atoms. The van der Waals surface area contributed by atoms with E-state index < -0.39 is 0 Å². The molecule has 0 aromatic heterocycles. The first kappa shape index (κ1) is 18.2. The van der Waals surface area contributed by atoms with E-state index in [0.29, 0.717) is 17.5 Å². The maximum Gasteiger partial charge on any atom is 0.234 e. The highest BCUT2D eigenvalue weighted by molar-refractivity contribution is 6.30. The summed E-state index contributed by atoms with van der Waals surface area (Å²) in [6, 6.07) is 7.66. The van der Waals surface area contributed by atoms with E-state index in [-0.39, 0.29) is 18.1 Å². The van der Waals surface area contributed by atoms with Crippen molar-refractivity contribution < 1.29 is 9.90 Å². The minimum Gasteiger partial charge on any atom is -0.393 e. The highest BCUT2D eigenvalue weighted by atomic mass is 35.5. The molecule has 1 aliphatic heterocycles. The van der Waals surface area contributed by atoms with Crippen LogP contribution in [0.2, 0.25) is 5.02 Å². The van der Waals surface area contributed by atoms with Gasteiger partial charge in [0.05, 0.1) is 18.7 Å². The number of carbonyl (C=O) groups excluding carboxylic acids is 1. The van der Waals surface area contributed by atoms with Crippen LogP contribution in [-0.2, 0) is 4.79 Å². The summed E-state index contributed by atoms with van der Waals surface area (Å²) in [6.07, 6.45) is 2.51. The first-order valence-corrected chi connectivity index (χ1v) is 8.82. The van der Waals surface area contributed by atoms with Crippen LogP contribution in [0.3, 0.4) is 0 Å². The molecule has 1 heterocycles. The summed E-state index contributed by atoms with van der Waals surface area (Å²) in [4.78, 5) is 14.5. The van der Waals surface area contributed by atoms with E-state index in [1.54, 1.807) is 0 Å². The third-order valence-electron chi connectivity index (χ3n) is 4.70. The number of hydrogen-bond donors (Lipinski definition) is 2. The lowest BCUT2D eigenvalue weighted by Crippen LogP contribution is -2.43. The molecular weight excluding hydrogens is 312 g/mol. The van der Waals surface area contributed by atoms with Gasteiger partial charge in [0.15, 0.2) is 0 Å². The van der Waals surface area contributed by atoms with E-state index in [9.17, 15) is 9.90 Å². The smallest absolute Gasteiger partial charge is 0.234 e. The molecule has 0 saturated carbocycles. The molecule has 2 atom stereocenters. The number of aliphatic hydroxyl groups is 1. The standard InChI is InChI=1S/C18H27ClN2O2/c1-3-17(15-4-6-16(19)7-5-15)20-18(23)12-21-10-8-14(9-11-21)13(2)22/h4-7,13-14,17,22H,3,8-12H2,1-2H3,(H,20,23). The van der Waals surface area contributed by atoms with Crippen LogP contribution in [0.15, 0.2) is 24.3 Å². The van der Waals surface area contributed by atoms with Gasteiger partial charge in [0, 0.05) is 5.02 Å². The molecule has 0 aliphatic carbocycles. The molecule has 1 saturated heterocycles. The fraction of sp³-hybridized carbons (Fsp3) is 0.611. The second-order valence-corrected chi connectivity index (χ2v) is 6.87. The van der Waals surface area contributed by atoms with Crippen LogP contribution in [0, 0.1) is 5.92 Å². The van der Waals surface area contributed by atoms with Crippen LogP contribution in [-0.4, -0.2) is 41.7 Å². The second kappa shape index (κ2) is 8.67. The Morgan fingerprint density at radius 1 is 1.35 bits per heavy atom. The van der Waals surface area contributed by atoms with Gasteiger partial charge in [0.1, 0.15) is 0 Å². The Kier molecular flexibility index (Phi) is 6.88. The van der Waals surface area contributed by atoms with Crippen LogP contribution in [0.1, 0.15) is 44.7 Å². The fourth-order valence-electron chi connectivity index (χ4n) is 3.15. The zero-order chi connectivity index (χ0) is 16.8. The van der Waals surface area contributed by atoms with Crippen LogP contribution in [0.5, 0.6) is 0 Å². The predicted octanol–water partition coefficient (Wildman–Crippen LogP) is 3.00. The Hall–Kier alpha value is -1.10. The van der Waals surface area contributed by atoms with E-state index >= 15 is 0 Å². The number of amides is 1. The molecule has 1 aliphatic rings. The van der Waals surface area contributed by atoms with Crippen molar-refractivity contribution >= 4 is 17.5 Å². The maximum atomic E-state index is 12.3. The third kappa shape index (κ3) is 5.48. The van der Waals surface area contributed by atoms with E-state index in [2.05, 4.69) is 17.1 Å². The van der Waals surface area contributed by atoms with Crippen LogP contribution >= 0.6 is 11.6 Å². The van der Waals surface area contributed by atoms with E-state index in [1.807, 2.05) is 31.2 Å². The number of nitrogens with one attached hydrogen (secondary N) is 1. The van der Waals surface area contributed by atoms with Gasteiger partial charge >= 0.3 is 0 Å². The van der Waals surface area contributed by atoms with Gasteiger partial charge in [-0.05, 0) is 62.9 Å². The summed E-state index contributed by atoms with van der Waals surface area (Å²) in [5.74, 6) is 0.425. The number of hydrogen-bond acceptors (Lipinski definition) is 3. The Labute approximate surface area is 143 Å². The molecule has 1 amide bonds. The molecule has 2 rings (SSSR count). The van der Waals surface area contributed by atoms with Crippen molar-refractivity contribution in [1.82, 2.24) is 10.2 Å². The topological polar surface area (TPSA) is 52.6 Å². The van der Waals surface area contributed by atoms with Crippen molar-refractivity contribution in [3.05, 3.63) is 34.9 Å². The number of halogens is 1. The Morgan fingerprint density at radius 2 is 1.96 bits per heavy atom. The number of carbonyl (C=O) groups is 1. The molecule has 2 unspecified atom stereocenters. The first-order chi connectivity index (χ1) is 11.0. The largest absolute Gasteiger partial charge is 0.393 e. The molecule has 0 spiro atoms. The second-order valence-electron chi connectivity index (χ2n) is 6.43. The first-order valence-electron chi connectivity index (χ1n) is 8.44. The summed E-state index contributed by atoms with van der Waals surface area (Å²) in [6.45, 7) is 6.09. The van der Waals surface area contributed by atoms with Gasteiger partial charge in [-0.1, -0.05) is 30.7 Å². The summed E-state index contributed by atoms with van der Waals surface area (Å²) in [7, 11) is 0. The van der Waals surface area contributed by atoms with Crippen molar-refractivity contribution in [3.63, 3.8) is 0 Å². The normalized spacial score (nSPS) is 19.3. The quantitative estimate of drug-likeness (QED) is 0.838. The van der Waals surface area contributed by atoms with Crippen molar-refractivity contribution in [1.29, 1.82) is 0 Å². The van der Waals surface area contributed by atoms with E-state index in [4.69, 9.17) is 11.6 Å². The van der Waals surface area contributed by atoms with Crippen molar-refractivity contribution in [2.45, 2.75) is 45.3 Å². The van der Waals surface area contributed by atoms with Crippen molar-refractivity contribution in [3.8, 4) is 0 Å². The zero-order valence-corrected chi connectivity index (χ0v) is 14.7. The summed E-state index contributed by atoms with van der Waals surface area (Å²) < 4.78 is 0. The van der Waals surface area contributed by atoms with Gasteiger partial charge in [-0.25, -0.2) is 0 Å².